The van der Waals surface area contributed by atoms with Gasteiger partial charge >= 0.3 is 5.97 Å². The lowest BCUT2D eigenvalue weighted by atomic mass is 9.63. The maximum absolute atomic E-state index is 11.4. The van der Waals surface area contributed by atoms with E-state index in [0.717, 1.165) is 12.8 Å². The minimum Gasteiger partial charge on any atom is -0.479 e. The molecule has 100 valence electrons. The Morgan fingerprint density at radius 1 is 1.39 bits per heavy atom. The maximum atomic E-state index is 11.4. The summed E-state index contributed by atoms with van der Waals surface area (Å²) in [5.74, 6) is -0.953. The zero-order valence-corrected chi connectivity index (χ0v) is 10.9. The van der Waals surface area contributed by atoms with Crippen molar-refractivity contribution in [3.05, 3.63) is 11.1 Å². The number of carboxylic acids is 1. The average Bonchev–Trinajstić information content (AvgIpc) is 2.84. The molecule has 4 heteroatoms. The van der Waals surface area contributed by atoms with E-state index in [1.165, 1.54) is 11.1 Å². The van der Waals surface area contributed by atoms with Crippen molar-refractivity contribution >= 4 is 5.97 Å². The molecule has 4 atom stereocenters. The minimum atomic E-state index is -1.70. The van der Waals surface area contributed by atoms with Crippen molar-refractivity contribution in [2.24, 2.45) is 11.3 Å². The summed E-state index contributed by atoms with van der Waals surface area (Å²) in [4.78, 5) is 11.4. The molecule has 0 aromatic rings. The van der Waals surface area contributed by atoms with Gasteiger partial charge in [-0.3, -0.25) is 0 Å². The highest BCUT2D eigenvalue weighted by molar-refractivity contribution is 5.78. The summed E-state index contributed by atoms with van der Waals surface area (Å²) in [6, 6.07) is 0. The van der Waals surface area contributed by atoms with Gasteiger partial charge in [0.25, 0.3) is 0 Å². The third-order valence-electron chi connectivity index (χ3n) is 5.28. The molecule has 3 fully saturated rings. The molecular weight excluding hydrogens is 232 g/mol. The van der Waals surface area contributed by atoms with Crippen molar-refractivity contribution in [2.75, 3.05) is 6.61 Å². The average molecular weight is 252 g/mol. The fourth-order valence-corrected chi connectivity index (χ4v) is 4.18. The van der Waals surface area contributed by atoms with Gasteiger partial charge in [0.2, 0.25) is 0 Å². The maximum Gasteiger partial charge on any atom is 0.338 e. The van der Waals surface area contributed by atoms with Crippen LogP contribution in [0.1, 0.15) is 39.5 Å². The van der Waals surface area contributed by atoms with Crippen LogP contribution >= 0.6 is 0 Å². The second kappa shape index (κ2) is 3.58. The van der Waals surface area contributed by atoms with E-state index < -0.39 is 17.7 Å². The van der Waals surface area contributed by atoms with Gasteiger partial charge in [0.15, 0.2) is 5.60 Å². The van der Waals surface area contributed by atoms with Gasteiger partial charge in [-0.1, -0.05) is 11.1 Å². The van der Waals surface area contributed by atoms with E-state index >= 15 is 0 Å². The number of rotatable bonds is 1. The topological polar surface area (TPSA) is 66.8 Å². The molecule has 1 saturated heterocycles. The first-order valence-electron chi connectivity index (χ1n) is 6.63. The van der Waals surface area contributed by atoms with Gasteiger partial charge in [-0.2, -0.15) is 0 Å². The van der Waals surface area contributed by atoms with E-state index in [4.69, 9.17) is 4.74 Å². The summed E-state index contributed by atoms with van der Waals surface area (Å²) in [6.45, 7) is 4.76. The van der Waals surface area contributed by atoms with Gasteiger partial charge in [-0.25, -0.2) is 4.79 Å². The molecule has 2 aliphatic carbocycles. The minimum absolute atomic E-state index is 0.0962. The van der Waals surface area contributed by atoms with Crippen molar-refractivity contribution < 1.29 is 19.7 Å². The molecule has 2 saturated carbocycles. The van der Waals surface area contributed by atoms with Crippen LogP contribution in [-0.2, 0) is 9.53 Å². The summed E-state index contributed by atoms with van der Waals surface area (Å²) >= 11 is 0. The van der Waals surface area contributed by atoms with Gasteiger partial charge in [0.05, 0.1) is 12.7 Å². The van der Waals surface area contributed by atoms with Crippen molar-refractivity contribution in [1.82, 2.24) is 0 Å². The number of aliphatic hydroxyl groups is 1. The summed E-state index contributed by atoms with van der Waals surface area (Å²) < 4.78 is 5.63. The third kappa shape index (κ3) is 1.36. The molecule has 0 unspecified atom stereocenters. The SMILES string of the molecule is CC(C)=C1CC[C@]23CO[C@H](C2)[C@@](O)(C(=O)O)C[C@@H]13. The molecule has 0 aromatic carbocycles. The van der Waals surface area contributed by atoms with Gasteiger partial charge in [0.1, 0.15) is 0 Å². The predicted molar refractivity (Wildman–Crippen MR) is 65.1 cm³/mol. The second-order valence-corrected chi connectivity index (χ2v) is 6.38. The van der Waals surface area contributed by atoms with Crippen molar-refractivity contribution in [2.45, 2.75) is 51.2 Å². The first kappa shape index (κ1) is 12.2. The molecular formula is C14H20O4. The van der Waals surface area contributed by atoms with E-state index in [0.29, 0.717) is 19.4 Å². The number of carbonyl (C=O) groups is 1. The Bertz CT molecular complexity index is 437. The Balaban J connectivity index is 2.03. The smallest absolute Gasteiger partial charge is 0.338 e. The highest BCUT2D eigenvalue weighted by Gasteiger charge is 2.64. The van der Waals surface area contributed by atoms with E-state index in [1.54, 1.807) is 0 Å². The molecule has 4 nitrogen and oxygen atoms in total. The van der Waals surface area contributed by atoms with Crippen LogP contribution in [-0.4, -0.2) is 34.5 Å². The number of hydrogen-bond acceptors (Lipinski definition) is 3. The number of ether oxygens (including phenoxy) is 1. The fourth-order valence-electron chi connectivity index (χ4n) is 4.18. The normalized spacial score (nSPS) is 46.1. The van der Waals surface area contributed by atoms with Gasteiger partial charge in [0, 0.05) is 5.41 Å². The van der Waals surface area contributed by atoms with Gasteiger partial charge < -0.3 is 14.9 Å². The molecule has 3 rings (SSSR count). The first-order valence-corrected chi connectivity index (χ1v) is 6.63. The van der Waals surface area contributed by atoms with E-state index in [1.807, 2.05) is 0 Å². The zero-order valence-electron chi connectivity index (χ0n) is 10.9. The predicted octanol–water partition coefficient (Wildman–Crippen LogP) is 1.73. The van der Waals surface area contributed by atoms with E-state index in [2.05, 4.69) is 13.8 Å². The van der Waals surface area contributed by atoms with E-state index in [-0.39, 0.29) is 11.3 Å². The monoisotopic (exact) mass is 252 g/mol. The van der Waals surface area contributed by atoms with Gasteiger partial charge in [-0.05, 0) is 45.4 Å². The molecule has 0 aromatic heterocycles. The highest BCUT2D eigenvalue weighted by atomic mass is 16.5. The summed E-state index contributed by atoms with van der Waals surface area (Å²) in [7, 11) is 0. The second-order valence-electron chi connectivity index (χ2n) is 6.38. The number of carboxylic acid groups (broad SMARTS) is 1. The zero-order chi connectivity index (χ0) is 13.1. The molecule has 18 heavy (non-hydrogen) atoms. The standard InChI is InChI=1S/C14H20O4/c1-8(2)9-3-4-13-6-11(18-7-13)14(17,12(15)16)5-10(9)13/h10-11,17H,3-7H2,1-2H3,(H,15,16)/t10-,11+,13+,14+/m0/s1. The van der Waals surface area contributed by atoms with Gasteiger partial charge in [-0.15, -0.1) is 0 Å². The lowest BCUT2D eigenvalue weighted by molar-refractivity contribution is -0.177. The van der Waals surface area contributed by atoms with Crippen LogP contribution in [0.15, 0.2) is 11.1 Å². The Hall–Kier alpha value is -0.870. The Morgan fingerprint density at radius 3 is 2.72 bits per heavy atom. The van der Waals surface area contributed by atoms with E-state index in [9.17, 15) is 15.0 Å². The molecule has 0 radical (unpaired) electrons. The lowest BCUT2D eigenvalue weighted by Gasteiger charge is -2.41. The summed E-state index contributed by atoms with van der Waals surface area (Å²) in [5.41, 5.74) is 1.02. The Kier molecular flexibility index (Phi) is 2.42. The van der Waals surface area contributed by atoms with Crippen LogP contribution in [0.4, 0.5) is 0 Å². The summed E-state index contributed by atoms with van der Waals surface area (Å²) in [5, 5.41) is 19.7. The van der Waals surface area contributed by atoms with Crippen LogP contribution < -0.4 is 0 Å². The van der Waals surface area contributed by atoms with Crippen molar-refractivity contribution in [3.8, 4) is 0 Å². The number of fused-ring (bicyclic) bond motifs is 1. The number of hydrogen-bond donors (Lipinski definition) is 2. The quantitative estimate of drug-likeness (QED) is 0.697. The Morgan fingerprint density at radius 2 is 2.11 bits per heavy atom. The molecule has 1 spiro atoms. The van der Waals surface area contributed by atoms with Crippen LogP contribution in [0.25, 0.3) is 0 Å². The fraction of sp³-hybridized carbons (Fsp3) is 0.786. The number of aliphatic carboxylic acids is 1. The molecule has 2 N–H and O–H groups in total. The van der Waals surface area contributed by atoms with Crippen LogP contribution in [0.3, 0.4) is 0 Å². The lowest BCUT2D eigenvalue weighted by Crippen LogP contribution is -2.54. The van der Waals surface area contributed by atoms with Crippen molar-refractivity contribution in [1.29, 1.82) is 0 Å². The third-order valence-corrected chi connectivity index (χ3v) is 5.28. The summed E-state index contributed by atoms with van der Waals surface area (Å²) in [6.07, 6.45) is 2.58. The molecule has 0 amide bonds. The van der Waals surface area contributed by atoms with Crippen LogP contribution in [0, 0.1) is 11.3 Å². The molecule has 1 aliphatic heterocycles. The molecule has 3 aliphatic rings. The van der Waals surface area contributed by atoms with Crippen LogP contribution in [0.5, 0.6) is 0 Å². The largest absolute Gasteiger partial charge is 0.479 e. The highest BCUT2D eigenvalue weighted by Crippen LogP contribution is 2.61. The molecule has 2 bridgehead atoms. The van der Waals surface area contributed by atoms with Crippen molar-refractivity contribution in [3.63, 3.8) is 0 Å². The van der Waals surface area contributed by atoms with Crippen LogP contribution in [0.2, 0.25) is 0 Å². The first-order chi connectivity index (χ1) is 8.39. The number of allylic oxidation sites excluding steroid dienone is 2. The Labute approximate surface area is 107 Å². The molecule has 1 heterocycles.